The number of carbonyl (C=O) groups is 2. The van der Waals surface area contributed by atoms with Gasteiger partial charge in [-0.25, -0.2) is 0 Å². The maximum absolute atomic E-state index is 13.5. The molecule has 188 valence electrons. The zero-order chi connectivity index (χ0) is 24.8. The molecule has 2 aromatic rings. The molecule has 1 aliphatic heterocycles. The Morgan fingerprint density at radius 1 is 1.00 bits per heavy atom. The molecule has 4 rings (SSSR count). The van der Waals surface area contributed by atoms with Crippen LogP contribution in [0.15, 0.2) is 36.4 Å². The van der Waals surface area contributed by atoms with Gasteiger partial charge in [0.05, 0.1) is 10.0 Å². The van der Waals surface area contributed by atoms with Crippen LogP contribution in [0.3, 0.4) is 0 Å². The number of fused-ring (bicyclic) bond motifs is 1. The molecule has 0 radical (unpaired) electrons. The molecule has 0 saturated heterocycles. The van der Waals surface area contributed by atoms with Gasteiger partial charge in [0, 0.05) is 19.0 Å². The highest BCUT2D eigenvalue weighted by Crippen LogP contribution is 2.33. The van der Waals surface area contributed by atoms with Gasteiger partial charge >= 0.3 is 0 Å². The minimum atomic E-state index is -0.560. The highest BCUT2D eigenvalue weighted by atomic mass is 35.5. The third-order valence-electron chi connectivity index (χ3n) is 6.74. The van der Waals surface area contributed by atoms with Crippen LogP contribution in [-0.2, 0) is 22.6 Å². The SMILES string of the molecule is CC[C@H](C(=O)NC1CCCCC1)N(Cc1ccc(Cl)c(Cl)c1)C(=O)CCc1ccc2c(c1)OCO2. The van der Waals surface area contributed by atoms with E-state index < -0.39 is 6.04 Å². The predicted molar refractivity (Wildman–Crippen MR) is 137 cm³/mol. The Balaban J connectivity index is 1.49. The van der Waals surface area contributed by atoms with E-state index in [4.69, 9.17) is 32.7 Å². The molecule has 8 heteroatoms. The second-order valence-corrected chi connectivity index (χ2v) is 10.0. The largest absolute Gasteiger partial charge is 0.454 e. The Bertz CT molecular complexity index is 1060. The Morgan fingerprint density at radius 2 is 1.74 bits per heavy atom. The molecule has 2 amide bonds. The molecular weight excluding hydrogens is 487 g/mol. The molecule has 1 aliphatic carbocycles. The standard InChI is InChI=1S/C27H32Cl2N2O4/c1-2-23(27(33)30-20-6-4-3-5-7-20)31(16-19-8-11-21(28)22(29)14-19)26(32)13-10-18-9-12-24-25(15-18)35-17-34-24/h8-9,11-12,14-15,20,23H,2-7,10,13,16-17H2,1H3,(H,30,33)/t23-/m1/s1. The van der Waals surface area contributed by atoms with Crippen molar-refractivity contribution in [3.8, 4) is 11.5 Å². The highest BCUT2D eigenvalue weighted by molar-refractivity contribution is 6.42. The number of halogens is 2. The van der Waals surface area contributed by atoms with Crippen LogP contribution in [-0.4, -0.2) is 35.6 Å². The van der Waals surface area contributed by atoms with E-state index in [0.717, 1.165) is 36.8 Å². The molecular formula is C27H32Cl2N2O4. The van der Waals surface area contributed by atoms with Crippen molar-refractivity contribution >= 4 is 35.0 Å². The van der Waals surface area contributed by atoms with Gasteiger partial charge in [-0.15, -0.1) is 0 Å². The fourth-order valence-corrected chi connectivity index (χ4v) is 5.11. The molecule has 2 aromatic carbocycles. The lowest BCUT2D eigenvalue weighted by Gasteiger charge is -2.33. The number of carbonyl (C=O) groups excluding carboxylic acids is 2. The van der Waals surface area contributed by atoms with Crippen molar-refractivity contribution in [2.24, 2.45) is 0 Å². The Kier molecular flexibility index (Phi) is 8.79. The molecule has 1 saturated carbocycles. The zero-order valence-electron chi connectivity index (χ0n) is 20.0. The quantitative estimate of drug-likeness (QED) is 0.447. The van der Waals surface area contributed by atoms with Crippen LogP contribution < -0.4 is 14.8 Å². The number of hydrogen-bond donors (Lipinski definition) is 1. The first-order chi connectivity index (χ1) is 16.9. The number of aryl methyl sites for hydroxylation is 1. The molecule has 1 heterocycles. The number of ether oxygens (including phenoxy) is 2. The first kappa shape index (κ1) is 25.6. The minimum Gasteiger partial charge on any atom is -0.454 e. The maximum atomic E-state index is 13.5. The van der Waals surface area contributed by atoms with Crippen LogP contribution in [0, 0.1) is 0 Å². The number of hydrogen-bond acceptors (Lipinski definition) is 4. The van der Waals surface area contributed by atoms with E-state index in [-0.39, 0.29) is 37.6 Å². The maximum Gasteiger partial charge on any atom is 0.243 e. The summed E-state index contributed by atoms with van der Waals surface area (Å²) in [5, 5.41) is 4.09. The van der Waals surface area contributed by atoms with E-state index in [1.54, 1.807) is 17.0 Å². The average molecular weight is 519 g/mol. The van der Waals surface area contributed by atoms with Gasteiger partial charge in [-0.2, -0.15) is 0 Å². The summed E-state index contributed by atoms with van der Waals surface area (Å²) in [7, 11) is 0. The average Bonchev–Trinajstić information content (AvgIpc) is 3.33. The first-order valence-corrected chi connectivity index (χ1v) is 13.1. The third-order valence-corrected chi connectivity index (χ3v) is 7.48. The van der Waals surface area contributed by atoms with Crippen LogP contribution in [0.1, 0.15) is 63.0 Å². The fraction of sp³-hybridized carbons (Fsp3) is 0.481. The number of amides is 2. The minimum absolute atomic E-state index is 0.0839. The van der Waals surface area contributed by atoms with E-state index in [2.05, 4.69) is 5.32 Å². The van der Waals surface area contributed by atoms with Crippen molar-refractivity contribution in [2.45, 2.75) is 76.9 Å². The van der Waals surface area contributed by atoms with E-state index in [1.165, 1.54) is 6.42 Å². The van der Waals surface area contributed by atoms with E-state index >= 15 is 0 Å². The van der Waals surface area contributed by atoms with Crippen LogP contribution in [0.4, 0.5) is 0 Å². The van der Waals surface area contributed by atoms with Crippen LogP contribution in [0.25, 0.3) is 0 Å². The van der Waals surface area contributed by atoms with Crippen LogP contribution in [0.2, 0.25) is 10.0 Å². The molecule has 0 aromatic heterocycles. The van der Waals surface area contributed by atoms with Crippen molar-refractivity contribution in [1.29, 1.82) is 0 Å². The second kappa shape index (κ2) is 12.0. The van der Waals surface area contributed by atoms with Crippen molar-refractivity contribution in [1.82, 2.24) is 10.2 Å². The van der Waals surface area contributed by atoms with Gasteiger partial charge in [-0.1, -0.05) is 61.5 Å². The number of rotatable bonds is 9. The van der Waals surface area contributed by atoms with Crippen molar-refractivity contribution in [3.05, 3.63) is 57.6 Å². The molecule has 35 heavy (non-hydrogen) atoms. The summed E-state index contributed by atoms with van der Waals surface area (Å²) in [6, 6.07) is 10.7. The highest BCUT2D eigenvalue weighted by Gasteiger charge is 2.30. The normalized spacial score (nSPS) is 16.1. The zero-order valence-corrected chi connectivity index (χ0v) is 21.5. The van der Waals surface area contributed by atoms with Crippen LogP contribution in [0.5, 0.6) is 11.5 Å². The lowest BCUT2D eigenvalue weighted by molar-refractivity contribution is -0.141. The third kappa shape index (κ3) is 6.62. The van der Waals surface area contributed by atoms with Gasteiger partial charge < -0.3 is 19.7 Å². The lowest BCUT2D eigenvalue weighted by atomic mass is 9.95. The van der Waals surface area contributed by atoms with Crippen molar-refractivity contribution in [2.75, 3.05) is 6.79 Å². The molecule has 0 bridgehead atoms. The Labute approximate surface area is 216 Å². The van der Waals surface area contributed by atoms with Gasteiger partial charge in [0.2, 0.25) is 18.6 Å². The monoisotopic (exact) mass is 518 g/mol. The molecule has 0 unspecified atom stereocenters. The molecule has 6 nitrogen and oxygen atoms in total. The summed E-state index contributed by atoms with van der Waals surface area (Å²) in [6.45, 7) is 2.44. The van der Waals surface area contributed by atoms with E-state index in [0.29, 0.717) is 34.4 Å². The molecule has 1 atom stereocenters. The molecule has 2 aliphatic rings. The van der Waals surface area contributed by atoms with Gasteiger partial charge in [-0.3, -0.25) is 9.59 Å². The van der Waals surface area contributed by atoms with Crippen LogP contribution >= 0.6 is 23.2 Å². The Morgan fingerprint density at radius 3 is 2.49 bits per heavy atom. The summed E-state index contributed by atoms with van der Waals surface area (Å²) < 4.78 is 10.8. The van der Waals surface area contributed by atoms with E-state index in [1.807, 2.05) is 31.2 Å². The van der Waals surface area contributed by atoms with E-state index in [9.17, 15) is 9.59 Å². The number of benzene rings is 2. The predicted octanol–water partition coefficient (Wildman–Crippen LogP) is 5.91. The molecule has 1 N–H and O–H groups in total. The van der Waals surface area contributed by atoms with Gasteiger partial charge in [-0.05, 0) is 61.1 Å². The summed E-state index contributed by atoms with van der Waals surface area (Å²) >= 11 is 12.3. The van der Waals surface area contributed by atoms with Gasteiger partial charge in [0.15, 0.2) is 11.5 Å². The van der Waals surface area contributed by atoms with Gasteiger partial charge in [0.1, 0.15) is 6.04 Å². The topological polar surface area (TPSA) is 67.9 Å². The summed E-state index contributed by atoms with van der Waals surface area (Å²) in [5.74, 6) is 1.24. The van der Waals surface area contributed by atoms with Gasteiger partial charge in [0.25, 0.3) is 0 Å². The first-order valence-electron chi connectivity index (χ1n) is 12.4. The molecule has 0 spiro atoms. The summed E-state index contributed by atoms with van der Waals surface area (Å²) in [6.07, 6.45) is 6.79. The number of nitrogens with one attached hydrogen (secondary N) is 1. The summed E-state index contributed by atoms with van der Waals surface area (Å²) in [4.78, 5) is 28.5. The van der Waals surface area contributed by atoms with Crippen molar-refractivity contribution < 1.29 is 19.1 Å². The fourth-order valence-electron chi connectivity index (χ4n) is 4.79. The Hall–Kier alpha value is -2.44. The molecule has 1 fully saturated rings. The second-order valence-electron chi connectivity index (χ2n) is 9.23. The number of nitrogens with zero attached hydrogens (tertiary/aromatic N) is 1. The smallest absolute Gasteiger partial charge is 0.243 e. The van der Waals surface area contributed by atoms with Crippen molar-refractivity contribution in [3.63, 3.8) is 0 Å². The summed E-state index contributed by atoms with van der Waals surface area (Å²) in [5.41, 5.74) is 1.82. The lowest BCUT2D eigenvalue weighted by Crippen LogP contribution is -2.51.